The van der Waals surface area contributed by atoms with Crippen molar-refractivity contribution in [1.82, 2.24) is 4.98 Å². The summed E-state index contributed by atoms with van der Waals surface area (Å²) in [5.74, 6) is -0.221. The number of hydrogen-bond donors (Lipinski definition) is 0. The minimum atomic E-state index is -0.221. The van der Waals surface area contributed by atoms with Gasteiger partial charge in [0.15, 0.2) is 5.78 Å². The van der Waals surface area contributed by atoms with Crippen LogP contribution in [-0.2, 0) is 0 Å². The van der Waals surface area contributed by atoms with Crippen LogP contribution in [0, 0.1) is 0 Å². The van der Waals surface area contributed by atoms with E-state index in [-0.39, 0.29) is 16.1 Å². The lowest BCUT2D eigenvalue weighted by molar-refractivity contribution is 0.104. The number of pyridine rings is 1. The summed E-state index contributed by atoms with van der Waals surface area (Å²) in [7, 11) is 0. The Kier molecular flexibility index (Phi) is 2.84. The molecule has 0 N–H and O–H groups in total. The van der Waals surface area contributed by atoms with Crippen LogP contribution in [0.1, 0.15) is 10.4 Å². The van der Waals surface area contributed by atoms with Crippen LogP contribution in [-0.4, -0.2) is 10.8 Å². The van der Waals surface area contributed by atoms with Crippen molar-refractivity contribution >= 4 is 29.0 Å². The van der Waals surface area contributed by atoms with Gasteiger partial charge in [0.25, 0.3) is 0 Å². The molecule has 0 atom stereocenters. The fraction of sp³-hybridized carbons (Fsp3) is 0. The van der Waals surface area contributed by atoms with Gasteiger partial charge in [-0.05, 0) is 18.2 Å². The molecule has 0 aliphatic heterocycles. The van der Waals surface area contributed by atoms with Crippen LogP contribution in [0.4, 0.5) is 0 Å². The average molecular weight is 202 g/mol. The van der Waals surface area contributed by atoms with Crippen molar-refractivity contribution in [2.45, 2.75) is 0 Å². The Labute approximate surface area is 79.8 Å². The van der Waals surface area contributed by atoms with Crippen LogP contribution in [0.5, 0.6) is 0 Å². The number of carbonyl (C=O) groups is 1. The van der Waals surface area contributed by atoms with E-state index >= 15 is 0 Å². The summed E-state index contributed by atoms with van der Waals surface area (Å²) in [5, 5.41) is 0.403. The number of nitrogens with zero attached hydrogens (tertiary/aromatic N) is 1. The zero-order valence-electron chi connectivity index (χ0n) is 6.05. The molecule has 1 aromatic heterocycles. The highest BCUT2D eigenvalue weighted by Gasteiger charge is 2.04. The maximum Gasteiger partial charge on any atom is 0.185 e. The van der Waals surface area contributed by atoms with Gasteiger partial charge in [-0.25, -0.2) is 4.98 Å². The molecule has 0 spiro atoms. The van der Waals surface area contributed by atoms with Crippen LogP contribution in [0.25, 0.3) is 0 Å². The van der Waals surface area contributed by atoms with E-state index in [1.54, 1.807) is 0 Å². The topological polar surface area (TPSA) is 30.0 Å². The number of carbonyl (C=O) groups excluding carboxylic acids is 1. The third-order valence-corrected chi connectivity index (χ3v) is 1.62. The molecule has 0 radical (unpaired) electrons. The fourth-order valence-corrected chi connectivity index (χ4v) is 1.19. The number of halogens is 2. The molecule has 1 rings (SSSR count). The second kappa shape index (κ2) is 3.70. The van der Waals surface area contributed by atoms with Gasteiger partial charge in [-0.1, -0.05) is 29.8 Å². The van der Waals surface area contributed by atoms with Crippen molar-refractivity contribution in [3.05, 3.63) is 40.7 Å². The SMILES string of the molecule is C=CC(=O)c1cc(Cl)nc(Cl)c1. The van der Waals surface area contributed by atoms with Crippen molar-refractivity contribution in [2.75, 3.05) is 0 Å². The first kappa shape index (κ1) is 9.23. The normalized spacial score (nSPS) is 9.50. The maximum atomic E-state index is 11.1. The molecule has 0 saturated carbocycles. The summed E-state index contributed by atoms with van der Waals surface area (Å²) in [6.07, 6.45) is 1.20. The summed E-state index contributed by atoms with van der Waals surface area (Å²) < 4.78 is 0. The van der Waals surface area contributed by atoms with Crippen molar-refractivity contribution in [1.29, 1.82) is 0 Å². The third kappa shape index (κ3) is 2.06. The summed E-state index contributed by atoms with van der Waals surface area (Å²) >= 11 is 11.1. The van der Waals surface area contributed by atoms with Crippen LogP contribution < -0.4 is 0 Å². The first-order valence-corrected chi connectivity index (χ1v) is 3.89. The predicted molar refractivity (Wildman–Crippen MR) is 48.8 cm³/mol. The lowest BCUT2D eigenvalue weighted by Gasteiger charge is -1.96. The smallest absolute Gasteiger partial charge is 0.185 e. The van der Waals surface area contributed by atoms with Crippen molar-refractivity contribution in [3.8, 4) is 0 Å². The van der Waals surface area contributed by atoms with Gasteiger partial charge in [0.05, 0.1) is 0 Å². The maximum absolute atomic E-state index is 11.1. The number of rotatable bonds is 2. The van der Waals surface area contributed by atoms with E-state index in [0.29, 0.717) is 5.56 Å². The molecule has 12 heavy (non-hydrogen) atoms. The second-order valence-electron chi connectivity index (χ2n) is 2.07. The molecule has 0 aliphatic carbocycles. The van der Waals surface area contributed by atoms with Gasteiger partial charge in [-0.15, -0.1) is 0 Å². The molecule has 0 aliphatic rings. The van der Waals surface area contributed by atoms with Crippen molar-refractivity contribution < 1.29 is 4.79 Å². The number of aromatic nitrogens is 1. The Morgan fingerprint density at radius 2 is 1.92 bits per heavy atom. The molecule has 1 aromatic rings. The van der Waals surface area contributed by atoms with Crippen LogP contribution >= 0.6 is 23.2 Å². The molecule has 62 valence electrons. The predicted octanol–water partition coefficient (Wildman–Crippen LogP) is 2.76. The molecule has 0 fully saturated rings. The quantitative estimate of drug-likeness (QED) is 0.419. The molecule has 0 unspecified atom stereocenters. The highest BCUT2D eigenvalue weighted by atomic mass is 35.5. The summed E-state index contributed by atoms with van der Waals surface area (Å²) in [5.41, 5.74) is 0.398. The Bertz CT molecular complexity index is 316. The lowest BCUT2D eigenvalue weighted by Crippen LogP contribution is -1.94. The van der Waals surface area contributed by atoms with Crippen molar-refractivity contribution in [3.63, 3.8) is 0 Å². The molecule has 0 bridgehead atoms. The molecule has 2 nitrogen and oxygen atoms in total. The van der Waals surface area contributed by atoms with Gasteiger partial charge >= 0.3 is 0 Å². The second-order valence-corrected chi connectivity index (χ2v) is 2.84. The van der Waals surface area contributed by atoms with E-state index in [2.05, 4.69) is 11.6 Å². The van der Waals surface area contributed by atoms with E-state index in [9.17, 15) is 4.79 Å². The Morgan fingerprint density at radius 3 is 2.33 bits per heavy atom. The summed E-state index contributed by atoms with van der Waals surface area (Å²) in [6, 6.07) is 2.88. The van der Waals surface area contributed by atoms with Crippen LogP contribution in [0.15, 0.2) is 24.8 Å². The first-order chi connectivity index (χ1) is 5.63. The van der Waals surface area contributed by atoms with E-state index in [4.69, 9.17) is 23.2 Å². The minimum absolute atomic E-state index is 0.202. The average Bonchev–Trinajstić information content (AvgIpc) is 2.01. The van der Waals surface area contributed by atoms with E-state index in [1.165, 1.54) is 18.2 Å². The minimum Gasteiger partial charge on any atom is -0.289 e. The zero-order chi connectivity index (χ0) is 9.14. The largest absolute Gasteiger partial charge is 0.289 e. The van der Waals surface area contributed by atoms with Crippen molar-refractivity contribution in [2.24, 2.45) is 0 Å². The number of allylic oxidation sites excluding steroid dienone is 1. The molecular weight excluding hydrogens is 197 g/mol. The lowest BCUT2D eigenvalue weighted by atomic mass is 10.2. The molecule has 1 heterocycles. The van der Waals surface area contributed by atoms with E-state index in [0.717, 1.165) is 0 Å². The van der Waals surface area contributed by atoms with Gasteiger partial charge in [0.2, 0.25) is 0 Å². The Hall–Kier alpha value is -0.860. The van der Waals surface area contributed by atoms with Gasteiger partial charge in [-0.3, -0.25) is 4.79 Å². The molecule has 0 saturated heterocycles. The van der Waals surface area contributed by atoms with Crippen LogP contribution in [0.2, 0.25) is 10.3 Å². The molecule has 0 aromatic carbocycles. The highest BCUT2D eigenvalue weighted by molar-refractivity contribution is 6.33. The van der Waals surface area contributed by atoms with Crippen LogP contribution in [0.3, 0.4) is 0 Å². The number of ketones is 1. The molecule has 0 amide bonds. The van der Waals surface area contributed by atoms with Gasteiger partial charge < -0.3 is 0 Å². The summed E-state index contributed by atoms with van der Waals surface area (Å²) in [4.78, 5) is 14.8. The van der Waals surface area contributed by atoms with Gasteiger partial charge in [0.1, 0.15) is 10.3 Å². The standard InChI is InChI=1S/C8H5Cl2NO/c1-2-6(12)5-3-7(9)11-8(10)4-5/h2-4H,1H2. The van der Waals surface area contributed by atoms with E-state index in [1.807, 2.05) is 0 Å². The monoisotopic (exact) mass is 201 g/mol. The first-order valence-electron chi connectivity index (χ1n) is 3.13. The Balaban J connectivity index is 3.17. The molecule has 4 heteroatoms. The van der Waals surface area contributed by atoms with Gasteiger partial charge in [0, 0.05) is 5.56 Å². The number of hydrogen-bond acceptors (Lipinski definition) is 2. The van der Waals surface area contributed by atoms with Gasteiger partial charge in [-0.2, -0.15) is 0 Å². The third-order valence-electron chi connectivity index (χ3n) is 1.23. The fourth-order valence-electron chi connectivity index (χ4n) is 0.725. The highest BCUT2D eigenvalue weighted by Crippen LogP contribution is 2.14. The summed E-state index contributed by atoms with van der Waals surface area (Å²) in [6.45, 7) is 3.34. The van der Waals surface area contributed by atoms with E-state index < -0.39 is 0 Å². The molecular formula is C8H5Cl2NO. The zero-order valence-corrected chi connectivity index (χ0v) is 7.56. The Morgan fingerprint density at radius 1 is 1.42 bits per heavy atom.